The molecule has 0 saturated carbocycles. The first-order chi connectivity index (χ1) is 19.5. The van der Waals surface area contributed by atoms with E-state index < -0.39 is 17.5 Å². The molecule has 1 aliphatic carbocycles. The van der Waals surface area contributed by atoms with Gasteiger partial charge in [0.2, 0.25) is 0 Å². The second kappa shape index (κ2) is 15.2. The topological polar surface area (TPSA) is 144 Å². The van der Waals surface area contributed by atoms with Gasteiger partial charge in [-0.2, -0.15) is 0 Å². The maximum Gasteiger partial charge on any atom is 0.332 e. The van der Waals surface area contributed by atoms with Crippen molar-refractivity contribution in [2.45, 2.75) is 18.9 Å². The number of hydrogen-bond donors (Lipinski definition) is 4. The number of aromatic amines is 1. The lowest BCUT2D eigenvalue weighted by molar-refractivity contribution is -0.493. The van der Waals surface area contributed by atoms with E-state index in [1.807, 2.05) is 42.5 Å². The molecule has 40 heavy (non-hydrogen) atoms. The van der Waals surface area contributed by atoms with Gasteiger partial charge in [-0.05, 0) is 37.1 Å². The van der Waals surface area contributed by atoms with Gasteiger partial charge >= 0.3 is 5.97 Å². The number of fused-ring (bicyclic) bond motifs is 3. The van der Waals surface area contributed by atoms with Crippen molar-refractivity contribution in [1.82, 2.24) is 15.7 Å². The molecule has 12 nitrogen and oxygen atoms in total. The quantitative estimate of drug-likeness (QED) is 0.110. The van der Waals surface area contributed by atoms with Gasteiger partial charge in [-0.15, -0.1) is 0 Å². The normalized spacial score (nSPS) is 13.3. The molecular formula is C28H35N3O9. The molecule has 0 bridgehead atoms. The fraction of sp³-hybridized carbons (Fsp3) is 0.393. The standard InChI is InChI=1S/C28H35N3O9/c1-35-24-10-4-5-11-25(24)37-14-13-29-17-20(40-27(32)19-36-15-16-39-31(33)34)18-38-26-12-6-9-23-28(26)21-7-2-3-8-22(21)30-23/h2,4-7,9-12,20,29-30,33-34H,3,8,13-19H2,1H3. The smallest absolute Gasteiger partial charge is 0.332 e. The first-order valence-electron chi connectivity index (χ1n) is 13.0. The molecule has 0 amide bonds. The zero-order valence-corrected chi connectivity index (χ0v) is 22.3. The van der Waals surface area contributed by atoms with E-state index in [0.29, 0.717) is 36.9 Å². The second-order valence-corrected chi connectivity index (χ2v) is 8.90. The highest BCUT2D eigenvalue weighted by molar-refractivity contribution is 5.95. The predicted molar refractivity (Wildman–Crippen MR) is 145 cm³/mol. The molecule has 0 radical (unpaired) electrons. The summed E-state index contributed by atoms with van der Waals surface area (Å²) in [5, 5.41) is 20.9. The van der Waals surface area contributed by atoms with Crippen LogP contribution >= 0.6 is 0 Å². The van der Waals surface area contributed by atoms with Crippen LogP contribution in [0.2, 0.25) is 0 Å². The number of nitrogens with zero attached hydrogens (tertiary/aromatic N) is 1. The Hall–Kier alpha value is -3.65. The van der Waals surface area contributed by atoms with E-state index in [1.54, 1.807) is 7.11 Å². The number of carbonyl (C=O) groups excluding carboxylic acids is 1. The van der Waals surface area contributed by atoms with Crippen LogP contribution in [-0.4, -0.2) is 86.1 Å². The van der Waals surface area contributed by atoms with E-state index in [9.17, 15) is 4.79 Å². The number of allylic oxidation sites excluding steroid dienone is 1. The third kappa shape index (κ3) is 8.42. The second-order valence-electron chi connectivity index (χ2n) is 8.90. The van der Waals surface area contributed by atoms with E-state index in [0.717, 1.165) is 29.3 Å². The molecule has 0 saturated heterocycles. The number of H-pyrrole nitrogens is 1. The number of methoxy groups -OCH3 is 1. The Bertz CT molecular complexity index is 1260. The Kier molecular flexibility index (Phi) is 11.2. The number of nitrogens with one attached hydrogen (secondary N) is 2. The van der Waals surface area contributed by atoms with Crippen LogP contribution in [0.15, 0.2) is 48.5 Å². The van der Waals surface area contributed by atoms with E-state index in [1.165, 1.54) is 5.69 Å². The Balaban J connectivity index is 1.33. The number of aryl methyl sites for hydroxylation is 1. The lowest BCUT2D eigenvalue weighted by atomic mass is 10.0. The van der Waals surface area contributed by atoms with Crippen LogP contribution in [0.5, 0.6) is 17.2 Å². The summed E-state index contributed by atoms with van der Waals surface area (Å²) in [4.78, 5) is 20.3. The van der Waals surface area contributed by atoms with Crippen LogP contribution in [-0.2, 0) is 25.5 Å². The number of aromatic nitrogens is 1. The number of ether oxygens (including phenoxy) is 5. The van der Waals surface area contributed by atoms with Crippen molar-refractivity contribution in [2.24, 2.45) is 0 Å². The lowest BCUT2D eigenvalue weighted by Gasteiger charge is -2.20. The third-order valence-electron chi connectivity index (χ3n) is 6.11. The number of benzene rings is 2. The van der Waals surface area contributed by atoms with E-state index in [2.05, 4.69) is 27.3 Å². The summed E-state index contributed by atoms with van der Waals surface area (Å²) in [6.07, 6.45) is 5.58. The molecule has 0 spiro atoms. The van der Waals surface area contributed by atoms with Gasteiger partial charge in [-0.1, -0.05) is 30.4 Å². The maximum atomic E-state index is 12.4. The van der Waals surface area contributed by atoms with Crippen LogP contribution in [0.4, 0.5) is 0 Å². The summed E-state index contributed by atoms with van der Waals surface area (Å²) in [6.45, 7) is 0.764. The van der Waals surface area contributed by atoms with Crippen LogP contribution in [0.3, 0.4) is 0 Å². The van der Waals surface area contributed by atoms with E-state index >= 15 is 0 Å². The minimum atomic E-state index is -0.621. The number of esters is 1. The van der Waals surface area contributed by atoms with Crippen LogP contribution < -0.4 is 19.5 Å². The predicted octanol–water partition coefficient (Wildman–Crippen LogP) is 3.12. The molecule has 4 N–H and O–H groups in total. The van der Waals surface area contributed by atoms with Gasteiger partial charge in [0.1, 0.15) is 31.7 Å². The molecule has 1 aromatic heterocycles. The van der Waals surface area contributed by atoms with Crippen molar-refractivity contribution in [3.05, 3.63) is 59.8 Å². The summed E-state index contributed by atoms with van der Waals surface area (Å²) in [5.74, 6) is 1.40. The van der Waals surface area contributed by atoms with Gasteiger partial charge in [0.25, 0.3) is 0 Å². The fourth-order valence-corrected chi connectivity index (χ4v) is 4.33. The third-order valence-corrected chi connectivity index (χ3v) is 6.11. The van der Waals surface area contributed by atoms with E-state index in [-0.39, 0.29) is 26.4 Å². The average Bonchev–Trinajstić information content (AvgIpc) is 3.35. The first kappa shape index (κ1) is 29.3. The van der Waals surface area contributed by atoms with Crippen molar-refractivity contribution < 1.29 is 43.7 Å². The number of carbonyl (C=O) groups is 1. The summed E-state index contributed by atoms with van der Waals surface area (Å²) >= 11 is 0. The van der Waals surface area contributed by atoms with Gasteiger partial charge in [0, 0.05) is 35.2 Å². The highest BCUT2D eigenvalue weighted by Crippen LogP contribution is 2.34. The SMILES string of the molecule is COc1ccccc1OCCNCC(COc1cccc2[nH]c3c(c12)C=CCC3)OC(=O)COCCON(O)O. The molecule has 2 aromatic carbocycles. The van der Waals surface area contributed by atoms with Crippen LogP contribution in [0.25, 0.3) is 17.0 Å². The molecule has 216 valence electrons. The van der Waals surface area contributed by atoms with Crippen molar-refractivity contribution in [1.29, 1.82) is 0 Å². The van der Waals surface area contributed by atoms with Gasteiger partial charge in [-0.25, -0.2) is 9.63 Å². The Morgan fingerprint density at radius 2 is 1.88 bits per heavy atom. The Labute approximate surface area is 231 Å². The van der Waals surface area contributed by atoms with Crippen molar-refractivity contribution in [3.8, 4) is 17.2 Å². The Morgan fingerprint density at radius 3 is 2.70 bits per heavy atom. The molecule has 1 aliphatic rings. The molecule has 1 unspecified atom stereocenters. The molecule has 1 atom stereocenters. The highest BCUT2D eigenvalue weighted by atomic mass is 17.1. The molecule has 0 aliphatic heterocycles. The van der Waals surface area contributed by atoms with Crippen LogP contribution in [0.1, 0.15) is 17.7 Å². The number of hydrogen-bond acceptors (Lipinski definition) is 11. The maximum absolute atomic E-state index is 12.4. The van der Waals surface area contributed by atoms with Crippen molar-refractivity contribution in [2.75, 3.05) is 53.2 Å². The Morgan fingerprint density at radius 1 is 1.05 bits per heavy atom. The molecule has 1 heterocycles. The van der Waals surface area contributed by atoms with Crippen LogP contribution in [0, 0.1) is 0 Å². The minimum absolute atomic E-state index is 0.0411. The highest BCUT2D eigenvalue weighted by Gasteiger charge is 2.19. The number of para-hydroxylation sites is 2. The monoisotopic (exact) mass is 557 g/mol. The zero-order valence-electron chi connectivity index (χ0n) is 22.3. The first-order valence-corrected chi connectivity index (χ1v) is 13.0. The van der Waals surface area contributed by atoms with E-state index in [4.69, 9.17) is 34.1 Å². The number of rotatable bonds is 17. The lowest BCUT2D eigenvalue weighted by Crippen LogP contribution is -2.38. The molecular weight excluding hydrogens is 522 g/mol. The van der Waals surface area contributed by atoms with Gasteiger partial charge in [0.05, 0.1) is 25.7 Å². The fourth-order valence-electron chi connectivity index (χ4n) is 4.33. The molecule has 0 fully saturated rings. The molecule has 12 heteroatoms. The van der Waals surface area contributed by atoms with Gasteiger partial charge in [0.15, 0.2) is 11.5 Å². The zero-order chi connectivity index (χ0) is 28.2. The van der Waals surface area contributed by atoms with Gasteiger partial charge < -0.3 is 34.0 Å². The summed E-state index contributed by atoms with van der Waals surface area (Å²) < 4.78 is 28.1. The van der Waals surface area contributed by atoms with Crippen molar-refractivity contribution >= 4 is 22.9 Å². The van der Waals surface area contributed by atoms with Crippen molar-refractivity contribution in [3.63, 3.8) is 0 Å². The summed E-state index contributed by atoms with van der Waals surface area (Å²) in [6, 6.07) is 13.2. The summed E-state index contributed by atoms with van der Waals surface area (Å²) in [5.41, 5.74) is 3.30. The minimum Gasteiger partial charge on any atom is -0.493 e. The molecule has 4 rings (SSSR count). The molecule has 3 aromatic rings. The average molecular weight is 558 g/mol. The van der Waals surface area contributed by atoms with Gasteiger partial charge in [-0.3, -0.25) is 10.4 Å². The largest absolute Gasteiger partial charge is 0.493 e. The summed E-state index contributed by atoms with van der Waals surface area (Å²) in [7, 11) is 1.59.